The lowest BCUT2D eigenvalue weighted by Gasteiger charge is -2.18. The smallest absolute Gasteiger partial charge is 0.259 e. The number of carbonyl (C=O) groups excluding carboxylic acids is 3. The maximum Gasteiger partial charge on any atom is 0.259 e. The minimum Gasteiger partial charge on any atom is -0.487 e. The number of nitrogens with one attached hydrogen (secondary N) is 3. The highest BCUT2D eigenvalue weighted by atomic mass is 79.9. The maximum absolute atomic E-state index is 13.3. The number of hydrogen-bond acceptors (Lipinski definition) is 5. The zero-order valence-electron chi connectivity index (χ0n) is 22.5. The molecule has 1 saturated heterocycles. The predicted molar refractivity (Wildman–Crippen MR) is 159 cm³/mol. The number of hydrogen-bond donors (Lipinski definition) is 3. The molecule has 1 heterocycles. The molecular formula is C30H31BrClN3O5. The SMILES string of the molecule is CC(C)(C)C(=O)NCc1ccc(Cl)c(C(=O)Nc2ccc(OC3CCOC3)c(C(=O)Nc3ccc(Br)cc3)c2)c1. The highest BCUT2D eigenvalue weighted by molar-refractivity contribution is 9.10. The standard InChI is InChI=1S/C30H31BrClN3O5/c1-30(2,3)29(38)33-16-18-4-10-25(32)23(14-18)27(36)35-21-9-11-26(40-22-12-13-39-17-22)24(15-21)28(37)34-20-7-5-19(31)6-8-20/h4-11,14-15,22H,12-13,16-17H2,1-3H3,(H,33,38)(H,34,37)(H,35,36). The molecule has 0 spiro atoms. The second-order valence-corrected chi connectivity index (χ2v) is 11.8. The van der Waals surface area contributed by atoms with Crippen molar-refractivity contribution >= 4 is 56.6 Å². The van der Waals surface area contributed by atoms with Gasteiger partial charge in [0.1, 0.15) is 11.9 Å². The van der Waals surface area contributed by atoms with E-state index in [4.69, 9.17) is 21.1 Å². The first-order chi connectivity index (χ1) is 19.0. The first-order valence-corrected chi connectivity index (χ1v) is 14.0. The van der Waals surface area contributed by atoms with Gasteiger partial charge in [0.05, 0.1) is 29.4 Å². The highest BCUT2D eigenvalue weighted by Crippen LogP contribution is 2.28. The molecule has 3 aromatic rings. The molecule has 0 radical (unpaired) electrons. The third kappa shape index (κ3) is 7.84. The van der Waals surface area contributed by atoms with Crippen LogP contribution in [0.15, 0.2) is 65.1 Å². The van der Waals surface area contributed by atoms with Crippen LogP contribution in [0.1, 0.15) is 53.5 Å². The molecule has 1 aliphatic heterocycles. The summed E-state index contributed by atoms with van der Waals surface area (Å²) in [5.41, 5.74) is 1.70. The Labute approximate surface area is 246 Å². The van der Waals surface area contributed by atoms with Crippen LogP contribution in [0.2, 0.25) is 5.02 Å². The molecule has 0 saturated carbocycles. The molecule has 10 heteroatoms. The van der Waals surface area contributed by atoms with Crippen LogP contribution in [0.25, 0.3) is 0 Å². The van der Waals surface area contributed by atoms with Gasteiger partial charge in [0, 0.05) is 34.2 Å². The van der Waals surface area contributed by atoms with Crippen LogP contribution < -0.4 is 20.7 Å². The van der Waals surface area contributed by atoms with E-state index in [1.807, 2.05) is 32.9 Å². The van der Waals surface area contributed by atoms with Crippen molar-refractivity contribution < 1.29 is 23.9 Å². The van der Waals surface area contributed by atoms with E-state index in [1.54, 1.807) is 48.5 Å². The molecule has 40 heavy (non-hydrogen) atoms. The van der Waals surface area contributed by atoms with Crippen LogP contribution in [0.5, 0.6) is 5.75 Å². The van der Waals surface area contributed by atoms with Gasteiger partial charge >= 0.3 is 0 Å². The summed E-state index contributed by atoms with van der Waals surface area (Å²) in [5, 5.41) is 8.83. The van der Waals surface area contributed by atoms with E-state index < -0.39 is 11.3 Å². The van der Waals surface area contributed by atoms with E-state index in [-0.39, 0.29) is 40.6 Å². The Morgan fingerprint density at radius 2 is 1.62 bits per heavy atom. The third-order valence-corrected chi connectivity index (χ3v) is 7.03. The summed E-state index contributed by atoms with van der Waals surface area (Å²) in [5.74, 6) is -0.556. The fraction of sp³-hybridized carbons (Fsp3) is 0.300. The zero-order chi connectivity index (χ0) is 28.9. The van der Waals surface area contributed by atoms with Gasteiger partial charge in [-0.2, -0.15) is 0 Å². The average Bonchev–Trinajstić information content (AvgIpc) is 3.42. The second-order valence-electron chi connectivity index (χ2n) is 10.5. The lowest BCUT2D eigenvalue weighted by molar-refractivity contribution is -0.128. The molecule has 3 amide bonds. The van der Waals surface area contributed by atoms with Crippen LogP contribution in [0.4, 0.5) is 11.4 Å². The molecule has 0 bridgehead atoms. The number of carbonyl (C=O) groups is 3. The zero-order valence-corrected chi connectivity index (χ0v) is 24.8. The number of anilines is 2. The topological polar surface area (TPSA) is 106 Å². The summed E-state index contributed by atoms with van der Waals surface area (Å²) in [4.78, 5) is 38.8. The Bertz CT molecular complexity index is 1400. The average molecular weight is 629 g/mol. The Morgan fingerprint density at radius 3 is 2.30 bits per heavy atom. The lowest BCUT2D eigenvalue weighted by Crippen LogP contribution is -2.34. The molecule has 8 nitrogen and oxygen atoms in total. The van der Waals surface area contributed by atoms with Gasteiger partial charge in [-0.1, -0.05) is 54.4 Å². The van der Waals surface area contributed by atoms with Crippen LogP contribution in [0.3, 0.4) is 0 Å². The number of amides is 3. The quantitative estimate of drug-likeness (QED) is 0.266. The van der Waals surface area contributed by atoms with Gasteiger partial charge in [0.15, 0.2) is 0 Å². The van der Waals surface area contributed by atoms with Gasteiger partial charge in [-0.15, -0.1) is 0 Å². The van der Waals surface area contributed by atoms with Gasteiger partial charge < -0.3 is 25.4 Å². The Morgan fingerprint density at radius 1 is 0.950 bits per heavy atom. The van der Waals surface area contributed by atoms with Gasteiger partial charge in [-0.05, 0) is 60.2 Å². The van der Waals surface area contributed by atoms with Crippen molar-refractivity contribution in [1.29, 1.82) is 0 Å². The summed E-state index contributed by atoms with van der Waals surface area (Å²) >= 11 is 9.74. The minimum absolute atomic E-state index is 0.103. The van der Waals surface area contributed by atoms with Crippen molar-refractivity contribution in [2.45, 2.75) is 39.8 Å². The Kier molecular flexibility index (Phi) is 9.50. The molecular weight excluding hydrogens is 598 g/mol. The molecule has 3 aromatic carbocycles. The van der Waals surface area contributed by atoms with E-state index in [0.29, 0.717) is 30.3 Å². The van der Waals surface area contributed by atoms with E-state index in [0.717, 1.165) is 16.5 Å². The minimum atomic E-state index is -0.533. The fourth-order valence-corrected chi connectivity index (χ4v) is 4.38. The van der Waals surface area contributed by atoms with E-state index >= 15 is 0 Å². The second kappa shape index (κ2) is 12.8. The Balaban J connectivity index is 1.54. The number of ether oxygens (including phenoxy) is 2. The van der Waals surface area contributed by atoms with E-state index in [2.05, 4.69) is 31.9 Å². The summed E-state index contributed by atoms with van der Waals surface area (Å²) in [6.07, 6.45) is 0.553. The normalized spacial score (nSPS) is 14.9. The van der Waals surface area contributed by atoms with Gasteiger partial charge in [0.2, 0.25) is 5.91 Å². The lowest BCUT2D eigenvalue weighted by atomic mass is 9.95. The van der Waals surface area contributed by atoms with Crippen LogP contribution >= 0.6 is 27.5 Å². The number of halogens is 2. The van der Waals surface area contributed by atoms with Crippen LogP contribution in [-0.4, -0.2) is 37.0 Å². The van der Waals surface area contributed by atoms with Gasteiger partial charge in [-0.25, -0.2) is 0 Å². The summed E-state index contributed by atoms with van der Waals surface area (Å²) < 4.78 is 12.4. The third-order valence-electron chi connectivity index (χ3n) is 6.18. The number of benzene rings is 3. The van der Waals surface area contributed by atoms with Crippen molar-refractivity contribution in [2.24, 2.45) is 5.41 Å². The molecule has 0 aromatic heterocycles. The van der Waals surface area contributed by atoms with Crippen LogP contribution in [0, 0.1) is 5.41 Å². The first-order valence-electron chi connectivity index (χ1n) is 12.8. The fourth-order valence-electron chi connectivity index (χ4n) is 3.91. The van der Waals surface area contributed by atoms with E-state index in [1.165, 1.54) is 0 Å². The van der Waals surface area contributed by atoms with Gasteiger partial charge in [0.25, 0.3) is 11.8 Å². The molecule has 4 rings (SSSR count). The summed E-state index contributed by atoms with van der Waals surface area (Å²) in [7, 11) is 0. The van der Waals surface area contributed by atoms with Gasteiger partial charge in [-0.3, -0.25) is 14.4 Å². The highest BCUT2D eigenvalue weighted by Gasteiger charge is 2.23. The predicted octanol–water partition coefficient (Wildman–Crippen LogP) is 6.44. The molecule has 1 atom stereocenters. The van der Waals surface area contributed by atoms with Crippen molar-refractivity contribution in [3.05, 3.63) is 86.8 Å². The van der Waals surface area contributed by atoms with Crippen LogP contribution in [-0.2, 0) is 16.1 Å². The Hall–Kier alpha value is -3.40. The molecule has 1 unspecified atom stereocenters. The van der Waals surface area contributed by atoms with Crippen molar-refractivity contribution in [3.63, 3.8) is 0 Å². The maximum atomic E-state index is 13.3. The van der Waals surface area contributed by atoms with E-state index in [9.17, 15) is 14.4 Å². The number of rotatable bonds is 8. The molecule has 3 N–H and O–H groups in total. The van der Waals surface area contributed by atoms with Crippen molar-refractivity contribution in [3.8, 4) is 5.75 Å². The van der Waals surface area contributed by atoms with Crippen molar-refractivity contribution in [2.75, 3.05) is 23.8 Å². The monoisotopic (exact) mass is 627 g/mol. The summed E-state index contributed by atoms with van der Waals surface area (Å²) in [6, 6.07) is 17.1. The molecule has 1 fully saturated rings. The van der Waals surface area contributed by atoms with Crippen molar-refractivity contribution in [1.82, 2.24) is 5.32 Å². The summed E-state index contributed by atoms with van der Waals surface area (Å²) in [6.45, 7) is 6.78. The largest absolute Gasteiger partial charge is 0.487 e. The molecule has 0 aliphatic carbocycles. The first kappa shape index (κ1) is 29.6. The molecule has 1 aliphatic rings. The molecule has 210 valence electrons.